The summed E-state index contributed by atoms with van der Waals surface area (Å²) >= 11 is 0. The van der Waals surface area contributed by atoms with Crippen LogP contribution in [-0.2, 0) is 11.3 Å². The molecule has 0 bridgehead atoms. The van der Waals surface area contributed by atoms with Crippen LogP contribution in [0.3, 0.4) is 0 Å². The smallest absolute Gasteiger partial charge is 0.335 e. The highest BCUT2D eigenvalue weighted by molar-refractivity contribution is 5.96. The number of nitrogens with one attached hydrogen (secondary N) is 2. The first-order valence-electron chi connectivity index (χ1n) is 9.54. The quantitative estimate of drug-likeness (QED) is 0.524. The molecule has 0 aliphatic rings. The maximum Gasteiger partial charge on any atom is 0.335 e. The molecule has 6 nitrogen and oxygen atoms in total. The van der Waals surface area contributed by atoms with Gasteiger partial charge in [0.05, 0.1) is 18.4 Å². The number of carboxylic acid groups (broad SMARTS) is 1. The molecule has 3 aromatic rings. The third kappa shape index (κ3) is 5.24. The molecule has 1 amide bonds. The molecule has 0 spiro atoms. The van der Waals surface area contributed by atoms with Crippen molar-refractivity contribution in [1.82, 2.24) is 5.32 Å². The van der Waals surface area contributed by atoms with Crippen LogP contribution >= 0.6 is 0 Å². The van der Waals surface area contributed by atoms with Crippen LogP contribution in [0.1, 0.15) is 33.1 Å². The Bertz CT molecular complexity index is 1020. The Balaban J connectivity index is 1.80. The second-order valence-electron chi connectivity index (χ2n) is 6.92. The van der Waals surface area contributed by atoms with Crippen molar-refractivity contribution in [2.75, 3.05) is 12.4 Å². The van der Waals surface area contributed by atoms with Crippen LogP contribution in [0.25, 0.3) is 0 Å². The van der Waals surface area contributed by atoms with Crippen LogP contribution in [0.5, 0.6) is 5.75 Å². The van der Waals surface area contributed by atoms with Gasteiger partial charge in [-0.1, -0.05) is 48.5 Å². The van der Waals surface area contributed by atoms with Crippen molar-refractivity contribution in [3.8, 4) is 5.75 Å². The fourth-order valence-electron chi connectivity index (χ4n) is 3.12. The lowest BCUT2D eigenvalue weighted by molar-refractivity contribution is -0.118. The fourth-order valence-corrected chi connectivity index (χ4v) is 3.12. The molecule has 0 fully saturated rings. The van der Waals surface area contributed by atoms with Crippen LogP contribution in [-0.4, -0.2) is 24.1 Å². The number of carbonyl (C=O) groups is 2. The zero-order chi connectivity index (χ0) is 21.5. The number of anilines is 1. The average molecular weight is 404 g/mol. The number of carboxylic acids is 1. The highest BCUT2D eigenvalue weighted by Crippen LogP contribution is 2.27. The molecule has 0 saturated carbocycles. The molecule has 0 radical (unpaired) electrons. The minimum absolute atomic E-state index is 0.216. The predicted octanol–water partition coefficient (Wildman–Crippen LogP) is 4.17. The maximum atomic E-state index is 13.2. The number of ether oxygens (including phenoxy) is 1. The number of rotatable bonds is 8. The molecule has 1 atom stereocenters. The Morgan fingerprint density at radius 1 is 1.00 bits per heavy atom. The monoisotopic (exact) mass is 404 g/mol. The van der Waals surface area contributed by atoms with Gasteiger partial charge in [-0.3, -0.25) is 10.1 Å². The fraction of sp³-hybridized carbons (Fsp3) is 0.167. The zero-order valence-corrected chi connectivity index (χ0v) is 16.9. The van der Waals surface area contributed by atoms with E-state index in [1.165, 1.54) is 0 Å². The molecule has 0 aliphatic heterocycles. The van der Waals surface area contributed by atoms with Crippen LogP contribution in [0.15, 0.2) is 72.8 Å². The molecule has 0 aliphatic carbocycles. The van der Waals surface area contributed by atoms with Gasteiger partial charge in [-0.05, 0) is 47.9 Å². The summed E-state index contributed by atoms with van der Waals surface area (Å²) in [6.45, 7) is 2.35. The molecular formula is C24H24N2O4. The first-order valence-corrected chi connectivity index (χ1v) is 9.54. The van der Waals surface area contributed by atoms with E-state index in [1.807, 2.05) is 55.5 Å². The number of hydrogen-bond acceptors (Lipinski definition) is 4. The van der Waals surface area contributed by atoms with Gasteiger partial charge >= 0.3 is 5.97 Å². The number of aryl methyl sites for hydroxylation is 1. The highest BCUT2D eigenvalue weighted by Gasteiger charge is 2.21. The number of aromatic carboxylic acids is 1. The summed E-state index contributed by atoms with van der Waals surface area (Å²) in [4.78, 5) is 24.2. The van der Waals surface area contributed by atoms with Gasteiger partial charge in [-0.2, -0.15) is 0 Å². The van der Waals surface area contributed by atoms with Gasteiger partial charge in [0.2, 0.25) is 5.91 Å². The maximum absolute atomic E-state index is 13.2. The zero-order valence-electron chi connectivity index (χ0n) is 16.9. The van der Waals surface area contributed by atoms with Crippen molar-refractivity contribution in [2.45, 2.75) is 19.5 Å². The summed E-state index contributed by atoms with van der Waals surface area (Å²) < 4.78 is 5.36. The minimum atomic E-state index is -0.969. The van der Waals surface area contributed by atoms with Crippen molar-refractivity contribution in [1.29, 1.82) is 0 Å². The van der Waals surface area contributed by atoms with Crippen LogP contribution < -0.4 is 15.4 Å². The molecular weight excluding hydrogens is 380 g/mol. The molecule has 154 valence electrons. The number of methoxy groups -OCH3 is 1. The van der Waals surface area contributed by atoms with Gasteiger partial charge in [0.1, 0.15) is 11.8 Å². The Morgan fingerprint density at radius 2 is 1.70 bits per heavy atom. The van der Waals surface area contributed by atoms with E-state index in [2.05, 4.69) is 10.6 Å². The topological polar surface area (TPSA) is 87.7 Å². The van der Waals surface area contributed by atoms with Gasteiger partial charge in [-0.15, -0.1) is 0 Å². The Labute approximate surface area is 175 Å². The van der Waals surface area contributed by atoms with E-state index in [-0.39, 0.29) is 11.5 Å². The van der Waals surface area contributed by atoms with Crippen molar-refractivity contribution in [3.63, 3.8) is 0 Å². The number of benzene rings is 3. The molecule has 3 rings (SSSR count). The Hall–Kier alpha value is -3.64. The van der Waals surface area contributed by atoms with Gasteiger partial charge in [0.25, 0.3) is 0 Å². The normalized spacial score (nSPS) is 11.5. The Kier molecular flexibility index (Phi) is 6.83. The number of hydrogen-bond donors (Lipinski definition) is 3. The third-order valence-electron chi connectivity index (χ3n) is 4.72. The van der Waals surface area contributed by atoms with E-state index in [0.717, 1.165) is 16.7 Å². The molecule has 3 N–H and O–H groups in total. The molecule has 30 heavy (non-hydrogen) atoms. The number of amides is 1. The molecule has 6 heteroatoms. The van der Waals surface area contributed by atoms with Gasteiger partial charge < -0.3 is 15.2 Å². The molecule has 0 heterocycles. The predicted molar refractivity (Wildman–Crippen MR) is 116 cm³/mol. The lowest BCUT2D eigenvalue weighted by Crippen LogP contribution is -2.32. The summed E-state index contributed by atoms with van der Waals surface area (Å²) in [5, 5.41) is 15.3. The van der Waals surface area contributed by atoms with E-state index in [4.69, 9.17) is 9.84 Å². The minimum Gasteiger partial charge on any atom is -0.495 e. The highest BCUT2D eigenvalue weighted by atomic mass is 16.5. The second-order valence-corrected chi connectivity index (χ2v) is 6.92. The SMILES string of the molecule is COc1ccc(C)cc1NC(=O)[C@H](NCc1ccc(C(=O)O)cc1)c1ccccc1. The standard InChI is InChI=1S/C24H24N2O4/c1-16-8-13-21(30-2)20(14-16)26-23(27)22(18-6-4-3-5-7-18)25-15-17-9-11-19(12-10-17)24(28)29/h3-14,22,25H,15H2,1-2H3,(H,26,27)(H,28,29)/t22-/m1/s1. The summed E-state index contributed by atoms with van der Waals surface area (Å²) in [5.74, 6) is -0.597. The van der Waals surface area contributed by atoms with Crippen molar-refractivity contribution >= 4 is 17.6 Å². The van der Waals surface area contributed by atoms with Gasteiger partial charge in [-0.25, -0.2) is 4.79 Å². The van der Waals surface area contributed by atoms with Crippen LogP contribution in [0.4, 0.5) is 5.69 Å². The Morgan fingerprint density at radius 3 is 2.33 bits per heavy atom. The lowest BCUT2D eigenvalue weighted by Gasteiger charge is -2.20. The first kappa shape index (κ1) is 21.1. The molecule has 0 unspecified atom stereocenters. The van der Waals surface area contributed by atoms with Crippen LogP contribution in [0, 0.1) is 6.92 Å². The third-order valence-corrected chi connectivity index (χ3v) is 4.72. The van der Waals surface area contributed by atoms with Gasteiger partial charge in [0, 0.05) is 6.54 Å². The van der Waals surface area contributed by atoms with Crippen LogP contribution in [0.2, 0.25) is 0 Å². The summed E-state index contributed by atoms with van der Waals surface area (Å²) in [7, 11) is 1.56. The molecule has 3 aromatic carbocycles. The summed E-state index contributed by atoms with van der Waals surface area (Å²) in [5.41, 5.74) is 3.54. The van der Waals surface area contributed by atoms with Crippen molar-refractivity contribution < 1.29 is 19.4 Å². The van der Waals surface area contributed by atoms with E-state index in [1.54, 1.807) is 31.4 Å². The largest absolute Gasteiger partial charge is 0.495 e. The van der Waals surface area contributed by atoms with Gasteiger partial charge in [0.15, 0.2) is 0 Å². The summed E-state index contributed by atoms with van der Waals surface area (Å²) in [6, 6.07) is 21.0. The molecule has 0 saturated heterocycles. The summed E-state index contributed by atoms with van der Waals surface area (Å²) in [6.07, 6.45) is 0. The van der Waals surface area contributed by atoms with E-state index >= 15 is 0 Å². The first-order chi connectivity index (χ1) is 14.5. The van der Waals surface area contributed by atoms with E-state index in [0.29, 0.717) is 18.0 Å². The van der Waals surface area contributed by atoms with E-state index < -0.39 is 12.0 Å². The second kappa shape index (κ2) is 9.71. The van der Waals surface area contributed by atoms with E-state index in [9.17, 15) is 9.59 Å². The molecule has 0 aromatic heterocycles. The van der Waals surface area contributed by atoms with Crippen molar-refractivity contribution in [2.24, 2.45) is 0 Å². The average Bonchev–Trinajstić information content (AvgIpc) is 2.75. The van der Waals surface area contributed by atoms with Crippen molar-refractivity contribution in [3.05, 3.63) is 95.1 Å². The number of carbonyl (C=O) groups excluding carboxylic acids is 1. The lowest BCUT2D eigenvalue weighted by atomic mass is 10.0.